The predicted octanol–water partition coefficient (Wildman–Crippen LogP) is 1.70. The number of carbonyl (C=O) groups excluding carboxylic acids is 2. The number of anilines is 1. The molecule has 1 saturated heterocycles. The summed E-state index contributed by atoms with van der Waals surface area (Å²) in [7, 11) is 1.73. The predicted molar refractivity (Wildman–Crippen MR) is 78.6 cm³/mol. The molecule has 1 aliphatic rings. The molecule has 2 heterocycles. The summed E-state index contributed by atoms with van der Waals surface area (Å²) in [5.74, 6) is -0.645. The maximum absolute atomic E-state index is 12.4. The van der Waals surface area contributed by atoms with Crippen LogP contribution in [-0.4, -0.2) is 34.0 Å². The first-order chi connectivity index (χ1) is 10.2. The summed E-state index contributed by atoms with van der Waals surface area (Å²) in [4.78, 5) is 26.1. The Hall–Kier alpha value is -2.28. The van der Waals surface area contributed by atoms with E-state index in [-0.39, 0.29) is 24.3 Å². The molecule has 0 spiro atoms. The van der Waals surface area contributed by atoms with Gasteiger partial charge in [0.1, 0.15) is 5.51 Å². The summed E-state index contributed by atoms with van der Waals surface area (Å²) in [6.07, 6.45) is 0.209. The van der Waals surface area contributed by atoms with Gasteiger partial charge in [0.15, 0.2) is 0 Å². The Morgan fingerprint density at radius 2 is 2.14 bits per heavy atom. The fourth-order valence-corrected chi connectivity index (χ4v) is 3.08. The van der Waals surface area contributed by atoms with Gasteiger partial charge in [0.25, 0.3) is 0 Å². The molecular formula is C14H14N4O2S. The third-order valence-corrected chi connectivity index (χ3v) is 4.26. The van der Waals surface area contributed by atoms with Gasteiger partial charge in [-0.15, -0.1) is 10.2 Å². The van der Waals surface area contributed by atoms with Gasteiger partial charge >= 0.3 is 0 Å². The smallest absolute Gasteiger partial charge is 0.232 e. The maximum Gasteiger partial charge on any atom is 0.232 e. The third-order valence-electron chi connectivity index (χ3n) is 3.65. The zero-order valence-electron chi connectivity index (χ0n) is 11.4. The lowest BCUT2D eigenvalue weighted by atomic mass is 9.93. The number of rotatable bonds is 3. The normalized spacial score (nSPS) is 21.6. The summed E-state index contributed by atoms with van der Waals surface area (Å²) in [5.41, 5.74) is 2.51. The van der Waals surface area contributed by atoms with Crippen LogP contribution in [0, 0.1) is 5.92 Å². The zero-order valence-corrected chi connectivity index (χ0v) is 12.2. The van der Waals surface area contributed by atoms with Crippen molar-refractivity contribution in [1.82, 2.24) is 15.1 Å². The number of likely N-dealkylation sites (tertiary alicyclic amines) is 1. The molecule has 1 aliphatic heterocycles. The van der Waals surface area contributed by atoms with Gasteiger partial charge in [-0.2, -0.15) is 0 Å². The van der Waals surface area contributed by atoms with E-state index in [1.54, 1.807) is 17.5 Å². The molecule has 0 saturated carbocycles. The standard InChI is InChI=1S/C14H14N4O2S/c1-18-11(19)7-10(12(18)9-5-3-2-4-6-9)13(20)16-14-17-15-8-21-14/h2-6,8,10,12H,7H2,1H3,(H,16,17,20). The van der Waals surface area contributed by atoms with Crippen LogP contribution in [0.15, 0.2) is 35.8 Å². The average molecular weight is 302 g/mol. The van der Waals surface area contributed by atoms with Gasteiger partial charge in [-0.25, -0.2) is 0 Å². The summed E-state index contributed by atoms with van der Waals surface area (Å²) in [5, 5.41) is 10.7. The number of nitrogens with zero attached hydrogens (tertiary/aromatic N) is 3. The highest BCUT2D eigenvalue weighted by molar-refractivity contribution is 7.13. The fraction of sp³-hybridized carbons (Fsp3) is 0.286. The van der Waals surface area contributed by atoms with Crippen LogP contribution in [0.5, 0.6) is 0 Å². The van der Waals surface area contributed by atoms with E-state index < -0.39 is 5.92 Å². The van der Waals surface area contributed by atoms with Gasteiger partial charge in [0.05, 0.1) is 12.0 Å². The summed E-state index contributed by atoms with van der Waals surface area (Å²) in [6, 6.07) is 9.36. The van der Waals surface area contributed by atoms with E-state index in [1.165, 1.54) is 11.3 Å². The Balaban J connectivity index is 1.85. The number of nitrogens with one attached hydrogen (secondary N) is 1. The quantitative estimate of drug-likeness (QED) is 0.936. The highest BCUT2D eigenvalue weighted by Crippen LogP contribution is 2.37. The highest BCUT2D eigenvalue weighted by Gasteiger charge is 2.42. The highest BCUT2D eigenvalue weighted by atomic mass is 32.1. The molecule has 2 aromatic rings. The second-order valence-electron chi connectivity index (χ2n) is 4.90. The SMILES string of the molecule is CN1C(=O)CC(C(=O)Nc2nncs2)C1c1ccccc1. The van der Waals surface area contributed by atoms with Gasteiger partial charge in [0, 0.05) is 13.5 Å². The van der Waals surface area contributed by atoms with Crippen molar-refractivity contribution >= 4 is 28.3 Å². The molecule has 6 nitrogen and oxygen atoms in total. The minimum Gasteiger partial charge on any atom is -0.338 e. The van der Waals surface area contributed by atoms with Gasteiger partial charge < -0.3 is 10.2 Å². The number of aromatic nitrogens is 2. The lowest BCUT2D eigenvalue weighted by Crippen LogP contribution is -2.29. The van der Waals surface area contributed by atoms with Crippen molar-refractivity contribution in [3.05, 3.63) is 41.4 Å². The van der Waals surface area contributed by atoms with Crippen molar-refractivity contribution < 1.29 is 9.59 Å². The van der Waals surface area contributed by atoms with E-state index in [9.17, 15) is 9.59 Å². The molecule has 1 aromatic carbocycles. The van der Waals surface area contributed by atoms with Crippen LogP contribution in [0.2, 0.25) is 0 Å². The fourth-order valence-electron chi connectivity index (χ4n) is 2.64. The minimum absolute atomic E-state index is 0.0266. The topological polar surface area (TPSA) is 75.2 Å². The molecule has 0 bridgehead atoms. The van der Waals surface area contributed by atoms with E-state index in [4.69, 9.17) is 0 Å². The van der Waals surface area contributed by atoms with Gasteiger partial charge in [-0.05, 0) is 5.56 Å². The Labute approximate surface area is 125 Å². The largest absolute Gasteiger partial charge is 0.338 e. The van der Waals surface area contributed by atoms with Gasteiger partial charge in [-0.3, -0.25) is 9.59 Å². The lowest BCUT2D eigenvalue weighted by molar-refractivity contribution is -0.127. The average Bonchev–Trinajstić information content (AvgIpc) is 3.09. The van der Waals surface area contributed by atoms with E-state index in [2.05, 4.69) is 15.5 Å². The van der Waals surface area contributed by atoms with Crippen LogP contribution in [-0.2, 0) is 9.59 Å². The second kappa shape index (κ2) is 5.61. The number of hydrogen-bond acceptors (Lipinski definition) is 5. The van der Waals surface area contributed by atoms with Crippen molar-refractivity contribution in [3.63, 3.8) is 0 Å². The molecule has 108 valence electrons. The summed E-state index contributed by atoms with van der Waals surface area (Å²) in [6.45, 7) is 0. The summed E-state index contributed by atoms with van der Waals surface area (Å²) >= 11 is 1.26. The molecule has 2 unspecified atom stereocenters. The number of hydrogen-bond donors (Lipinski definition) is 1. The first-order valence-corrected chi connectivity index (χ1v) is 7.42. The van der Waals surface area contributed by atoms with Gasteiger partial charge in [0.2, 0.25) is 16.9 Å². The van der Waals surface area contributed by atoms with Crippen LogP contribution in [0.1, 0.15) is 18.0 Å². The van der Waals surface area contributed by atoms with Crippen molar-refractivity contribution in [3.8, 4) is 0 Å². The molecule has 7 heteroatoms. The van der Waals surface area contributed by atoms with Crippen LogP contribution in [0.3, 0.4) is 0 Å². The van der Waals surface area contributed by atoms with Crippen molar-refractivity contribution in [2.75, 3.05) is 12.4 Å². The Morgan fingerprint density at radius 1 is 1.38 bits per heavy atom. The molecule has 0 radical (unpaired) electrons. The molecule has 2 amide bonds. The van der Waals surface area contributed by atoms with E-state index in [1.807, 2.05) is 30.3 Å². The van der Waals surface area contributed by atoms with Crippen molar-refractivity contribution in [1.29, 1.82) is 0 Å². The molecule has 21 heavy (non-hydrogen) atoms. The lowest BCUT2D eigenvalue weighted by Gasteiger charge is -2.24. The Bertz CT molecular complexity index is 644. The number of carbonyl (C=O) groups is 2. The van der Waals surface area contributed by atoms with Crippen LogP contribution in [0.25, 0.3) is 0 Å². The molecule has 1 N–H and O–H groups in total. The van der Waals surface area contributed by atoms with E-state index >= 15 is 0 Å². The molecule has 0 aliphatic carbocycles. The van der Waals surface area contributed by atoms with E-state index in [0.717, 1.165) is 5.56 Å². The minimum atomic E-state index is -0.422. The first kappa shape index (κ1) is 13.7. The second-order valence-corrected chi connectivity index (χ2v) is 5.74. The summed E-state index contributed by atoms with van der Waals surface area (Å²) < 4.78 is 0. The Kier molecular flexibility index (Phi) is 3.66. The Morgan fingerprint density at radius 3 is 2.81 bits per heavy atom. The van der Waals surface area contributed by atoms with Crippen LogP contribution < -0.4 is 5.32 Å². The first-order valence-electron chi connectivity index (χ1n) is 6.54. The molecule has 3 rings (SSSR count). The molecule has 1 aromatic heterocycles. The molecule has 1 fully saturated rings. The van der Waals surface area contributed by atoms with Crippen LogP contribution in [0.4, 0.5) is 5.13 Å². The molecular weight excluding hydrogens is 288 g/mol. The number of benzene rings is 1. The third kappa shape index (κ3) is 2.64. The van der Waals surface area contributed by atoms with E-state index in [0.29, 0.717) is 5.13 Å². The van der Waals surface area contributed by atoms with Crippen molar-refractivity contribution in [2.45, 2.75) is 12.5 Å². The number of amides is 2. The van der Waals surface area contributed by atoms with Crippen molar-refractivity contribution in [2.24, 2.45) is 5.92 Å². The zero-order chi connectivity index (χ0) is 14.8. The monoisotopic (exact) mass is 302 g/mol. The molecule has 2 atom stereocenters. The maximum atomic E-state index is 12.4. The van der Waals surface area contributed by atoms with Crippen LogP contribution >= 0.6 is 11.3 Å². The van der Waals surface area contributed by atoms with Gasteiger partial charge in [-0.1, -0.05) is 41.7 Å².